The average Bonchev–Trinajstić information content (AvgIpc) is 2.91. The molecule has 38 heavy (non-hydrogen) atoms. The third-order valence-corrected chi connectivity index (χ3v) is 7.02. The molecule has 7 nitrogen and oxygen atoms in total. The molecule has 0 aliphatic heterocycles. The highest BCUT2D eigenvalue weighted by Gasteiger charge is 2.13. The van der Waals surface area contributed by atoms with Crippen LogP contribution in [0.3, 0.4) is 0 Å². The molecule has 2 aromatic carbocycles. The number of halogens is 3. The van der Waals surface area contributed by atoms with Gasteiger partial charge in [0.15, 0.2) is 0 Å². The third-order valence-electron chi connectivity index (χ3n) is 5.74. The van der Waals surface area contributed by atoms with Crippen molar-refractivity contribution in [2.24, 2.45) is 0 Å². The highest BCUT2D eigenvalue weighted by atomic mass is 79.9. The quantitative estimate of drug-likeness (QED) is 0.181. The molecule has 10 heteroatoms. The van der Waals surface area contributed by atoms with Crippen LogP contribution in [0.2, 0.25) is 10.0 Å². The zero-order valence-electron chi connectivity index (χ0n) is 21.6. The predicted octanol–water partition coefficient (Wildman–Crippen LogP) is 6.16. The second-order valence-corrected chi connectivity index (χ2v) is 10.1. The van der Waals surface area contributed by atoms with Crippen molar-refractivity contribution in [3.05, 3.63) is 81.4 Å². The van der Waals surface area contributed by atoms with Crippen LogP contribution in [-0.4, -0.2) is 55.1 Å². The number of methoxy groups -OCH3 is 2. The van der Waals surface area contributed by atoms with Crippen LogP contribution in [0.4, 0.5) is 0 Å². The molecule has 4 rings (SSSR count). The van der Waals surface area contributed by atoms with Crippen molar-refractivity contribution in [1.29, 1.82) is 0 Å². The number of alkyl halides is 1. The summed E-state index contributed by atoms with van der Waals surface area (Å²) in [5, 5.41) is 5.63. The zero-order chi connectivity index (χ0) is 27.8. The van der Waals surface area contributed by atoms with E-state index < -0.39 is 0 Å². The molecule has 0 spiro atoms. The number of ether oxygens (including phenoxy) is 2. The van der Waals surface area contributed by atoms with E-state index >= 15 is 0 Å². The summed E-state index contributed by atoms with van der Waals surface area (Å²) >= 11 is 15.7. The molecule has 2 aromatic heterocycles. The Bertz CT molecular complexity index is 1460. The lowest BCUT2D eigenvalue weighted by Gasteiger charge is -2.12. The van der Waals surface area contributed by atoms with Crippen LogP contribution in [0.15, 0.2) is 48.8 Å². The van der Waals surface area contributed by atoms with Crippen LogP contribution in [0.5, 0.6) is 0 Å². The van der Waals surface area contributed by atoms with Gasteiger partial charge in [-0.1, -0.05) is 51.3 Å². The fourth-order valence-corrected chi connectivity index (χ4v) is 4.64. The second-order valence-electron chi connectivity index (χ2n) is 8.72. The number of carbonyl (C=O) groups excluding carboxylic acids is 2. The maximum atomic E-state index is 11.5. The molecule has 0 aliphatic rings. The Kier molecular flexibility index (Phi) is 10.8. The van der Waals surface area contributed by atoms with E-state index in [4.69, 9.17) is 32.7 Å². The monoisotopic (exact) mass is 619 g/mol. The van der Waals surface area contributed by atoms with Gasteiger partial charge in [0.1, 0.15) is 0 Å². The summed E-state index contributed by atoms with van der Waals surface area (Å²) in [7, 11) is 6.71. The molecule has 2 heterocycles. The Labute approximate surface area is 240 Å². The Morgan fingerprint density at radius 1 is 0.816 bits per heavy atom. The lowest BCUT2D eigenvalue weighted by molar-refractivity contribution is -0.140. The van der Waals surface area contributed by atoms with Crippen LogP contribution in [0.1, 0.15) is 22.5 Å². The van der Waals surface area contributed by atoms with Gasteiger partial charge in [0.05, 0.1) is 38.4 Å². The summed E-state index contributed by atoms with van der Waals surface area (Å²) in [6.45, 7) is 0.736. The van der Waals surface area contributed by atoms with Crippen LogP contribution < -0.4 is 0 Å². The Hall–Kier alpha value is -2.78. The van der Waals surface area contributed by atoms with Crippen molar-refractivity contribution in [3.63, 3.8) is 0 Å². The number of pyridine rings is 2. The summed E-state index contributed by atoms with van der Waals surface area (Å²) in [4.78, 5) is 33.7. The first kappa shape index (κ1) is 29.8. The number of nitrogens with zero attached hydrogens (tertiary/aromatic N) is 3. The summed E-state index contributed by atoms with van der Waals surface area (Å²) in [5.74, 6) is -0.605. The van der Waals surface area contributed by atoms with Crippen LogP contribution in [0, 0.1) is 0 Å². The van der Waals surface area contributed by atoms with E-state index in [1.54, 1.807) is 18.3 Å². The average molecular weight is 621 g/mol. The second kappa shape index (κ2) is 13.8. The van der Waals surface area contributed by atoms with Crippen LogP contribution >= 0.6 is 39.1 Å². The van der Waals surface area contributed by atoms with E-state index in [-0.39, 0.29) is 24.8 Å². The minimum atomic E-state index is -0.304. The Morgan fingerprint density at radius 2 is 1.26 bits per heavy atom. The van der Waals surface area contributed by atoms with Gasteiger partial charge in [0.2, 0.25) is 0 Å². The zero-order valence-corrected chi connectivity index (χ0v) is 24.7. The number of benzene rings is 2. The number of hydrogen-bond acceptors (Lipinski definition) is 7. The molecule has 0 amide bonds. The topological polar surface area (TPSA) is 81.6 Å². The molecular weight excluding hydrogens is 593 g/mol. The van der Waals surface area contributed by atoms with Crippen molar-refractivity contribution in [2.75, 3.05) is 28.3 Å². The summed E-state index contributed by atoms with van der Waals surface area (Å²) < 4.78 is 9.42. The van der Waals surface area contributed by atoms with Gasteiger partial charge >= 0.3 is 11.9 Å². The first-order chi connectivity index (χ1) is 18.2. The van der Waals surface area contributed by atoms with Gasteiger partial charge < -0.3 is 14.4 Å². The van der Waals surface area contributed by atoms with Crippen molar-refractivity contribution in [3.8, 4) is 0 Å². The number of carbonyl (C=O) groups is 2. The normalized spacial score (nSPS) is 10.8. The van der Waals surface area contributed by atoms with E-state index in [0.29, 0.717) is 15.4 Å². The summed E-state index contributed by atoms with van der Waals surface area (Å²) in [5.41, 5.74) is 3.41. The maximum Gasteiger partial charge on any atom is 0.310 e. The van der Waals surface area contributed by atoms with Gasteiger partial charge in [0.25, 0.3) is 0 Å². The fraction of sp³-hybridized carbons (Fsp3) is 0.286. The molecule has 0 atom stereocenters. The summed E-state index contributed by atoms with van der Waals surface area (Å²) in [6, 6.07) is 11.3. The SMILES string of the molecule is COC(=O)Cc1c(Cl)ccc2cnc(CBr)cc12.COC(=O)Cc1c(Cl)ccc2cnc(CN(C)C)cc12. The van der Waals surface area contributed by atoms with E-state index in [1.165, 1.54) is 14.2 Å². The van der Waals surface area contributed by atoms with Gasteiger partial charge in [-0.25, -0.2) is 0 Å². The lowest BCUT2D eigenvalue weighted by Crippen LogP contribution is -2.12. The predicted molar refractivity (Wildman–Crippen MR) is 155 cm³/mol. The smallest absolute Gasteiger partial charge is 0.310 e. The van der Waals surface area contributed by atoms with Crippen LogP contribution in [-0.2, 0) is 43.8 Å². The molecule has 0 unspecified atom stereocenters. The highest BCUT2D eigenvalue weighted by Crippen LogP contribution is 2.28. The minimum absolute atomic E-state index is 0.165. The van der Waals surface area contributed by atoms with Gasteiger partial charge in [-0.05, 0) is 60.3 Å². The number of hydrogen-bond donors (Lipinski definition) is 0. The van der Waals surface area contributed by atoms with Crippen molar-refractivity contribution in [2.45, 2.75) is 24.7 Å². The fourth-order valence-electron chi connectivity index (χ4n) is 3.87. The van der Waals surface area contributed by atoms with Crippen molar-refractivity contribution < 1.29 is 19.1 Å². The highest BCUT2D eigenvalue weighted by molar-refractivity contribution is 9.08. The van der Waals surface area contributed by atoms with Gasteiger partial charge in [-0.2, -0.15) is 0 Å². The number of aromatic nitrogens is 2. The first-order valence-corrected chi connectivity index (χ1v) is 13.5. The van der Waals surface area contributed by atoms with E-state index in [9.17, 15) is 9.59 Å². The molecule has 0 saturated carbocycles. The lowest BCUT2D eigenvalue weighted by atomic mass is 10.0. The molecule has 4 aromatic rings. The molecule has 0 fully saturated rings. The van der Waals surface area contributed by atoms with Crippen molar-refractivity contribution >= 4 is 72.6 Å². The van der Waals surface area contributed by atoms with Gasteiger partial charge in [0, 0.05) is 45.1 Å². The molecule has 0 bridgehead atoms. The minimum Gasteiger partial charge on any atom is -0.469 e. The molecule has 200 valence electrons. The molecule has 0 aliphatic carbocycles. The first-order valence-electron chi connectivity index (χ1n) is 11.6. The van der Waals surface area contributed by atoms with E-state index in [2.05, 4.69) is 25.9 Å². The van der Waals surface area contributed by atoms with Crippen molar-refractivity contribution in [1.82, 2.24) is 14.9 Å². The maximum absolute atomic E-state index is 11.5. The standard InChI is InChI=1S/C15H17ClN2O2.C13H11BrClNO2/c1-18(2)9-11-6-12-10(8-17-11)4-5-14(16)13(12)7-15(19)20-3;1-18-13(17)5-11-10-4-9(6-14)16-7-8(10)2-3-12(11)15/h4-6,8H,7,9H2,1-3H3;2-4,7H,5-6H2,1H3. The molecule has 0 saturated heterocycles. The van der Waals surface area contributed by atoms with Gasteiger partial charge in [-0.15, -0.1) is 0 Å². The Balaban J connectivity index is 0.000000212. The number of rotatable bonds is 7. The number of esters is 2. The Morgan fingerprint density at radius 3 is 1.68 bits per heavy atom. The molecule has 0 radical (unpaired) electrons. The largest absolute Gasteiger partial charge is 0.469 e. The number of fused-ring (bicyclic) bond motifs is 2. The van der Waals surface area contributed by atoms with Gasteiger partial charge in [-0.3, -0.25) is 19.6 Å². The third kappa shape index (κ3) is 7.63. The summed E-state index contributed by atoms with van der Waals surface area (Å²) in [6.07, 6.45) is 3.92. The van der Waals surface area contributed by atoms with E-state index in [1.807, 2.05) is 49.5 Å². The van der Waals surface area contributed by atoms with Crippen LogP contribution in [0.25, 0.3) is 21.5 Å². The molecular formula is C28H28BrCl2N3O4. The van der Waals surface area contributed by atoms with E-state index in [0.717, 1.165) is 50.6 Å². The molecule has 0 N–H and O–H groups in total.